The van der Waals surface area contributed by atoms with Gasteiger partial charge in [0.25, 0.3) is 0 Å². The molecule has 0 aliphatic heterocycles. The molecule has 96 valence electrons. The SMILES string of the molecule is Cl.N[C@@H](c1cc(O)cc(O)c1)[C@H](O)C1CCC1. The summed E-state index contributed by atoms with van der Waals surface area (Å²) in [5.74, 6) is 0.178. The zero-order valence-corrected chi connectivity index (χ0v) is 10.2. The lowest BCUT2D eigenvalue weighted by atomic mass is 9.77. The van der Waals surface area contributed by atoms with E-state index < -0.39 is 12.1 Å². The monoisotopic (exact) mass is 259 g/mol. The van der Waals surface area contributed by atoms with Crippen LogP contribution in [0, 0.1) is 5.92 Å². The molecule has 5 N–H and O–H groups in total. The minimum Gasteiger partial charge on any atom is -0.508 e. The highest BCUT2D eigenvalue weighted by atomic mass is 35.5. The van der Waals surface area contributed by atoms with E-state index in [0.29, 0.717) is 5.56 Å². The van der Waals surface area contributed by atoms with Crippen molar-refractivity contribution in [2.24, 2.45) is 11.7 Å². The van der Waals surface area contributed by atoms with Crippen molar-refractivity contribution in [1.29, 1.82) is 0 Å². The highest BCUT2D eigenvalue weighted by Crippen LogP contribution is 2.35. The Bertz CT molecular complexity index is 362. The summed E-state index contributed by atoms with van der Waals surface area (Å²) >= 11 is 0. The maximum Gasteiger partial charge on any atom is 0.119 e. The molecule has 0 aromatic heterocycles. The van der Waals surface area contributed by atoms with E-state index in [0.717, 1.165) is 19.3 Å². The average Bonchev–Trinajstić information content (AvgIpc) is 2.12. The van der Waals surface area contributed by atoms with E-state index in [1.54, 1.807) is 0 Å². The second kappa shape index (κ2) is 5.58. The van der Waals surface area contributed by atoms with Crippen LogP contribution in [0.2, 0.25) is 0 Å². The maximum absolute atomic E-state index is 9.98. The van der Waals surface area contributed by atoms with Crippen LogP contribution < -0.4 is 5.73 Å². The largest absolute Gasteiger partial charge is 0.508 e. The Morgan fingerprint density at radius 3 is 2.06 bits per heavy atom. The number of phenols is 2. The maximum atomic E-state index is 9.98. The van der Waals surface area contributed by atoms with Crippen LogP contribution in [0.5, 0.6) is 11.5 Å². The van der Waals surface area contributed by atoms with Crippen molar-refractivity contribution >= 4 is 12.4 Å². The first kappa shape index (κ1) is 14.1. The van der Waals surface area contributed by atoms with Gasteiger partial charge in [-0.3, -0.25) is 0 Å². The van der Waals surface area contributed by atoms with Crippen LogP contribution in [-0.2, 0) is 0 Å². The van der Waals surface area contributed by atoms with E-state index in [9.17, 15) is 15.3 Å². The summed E-state index contributed by atoms with van der Waals surface area (Å²) in [6.45, 7) is 0. The first-order valence-corrected chi connectivity index (χ1v) is 5.54. The van der Waals surface area contributed by atoms with E-state index in [1.165, 1.54) is 18.2 Å². The number of nitrogens with two attached hydrogens (primary N) is 1. The van der Waals surface area contributed by atoms with Crippen molar-refractivity contribution in [1.82, 2.24) is 0 Å². The van der Waals surface area contributed by atoms with Crippen molar-refractivity contribution in [2.75, 3.05) is 0 Å². The zero-order valence-electron chi connectivity index (χ0n) is 9.41. The molecule has 2 rings (SSSR count). The predicted octanol–water partition coefficient (Wildman–Crippen LogP) is 1.68. The molecular formula is C12H18ClNO3. The fourth-order valence-electron chi connectivity index (χ4n) is 2.08. The van der Waals surface area contributed by atoms with Crippen LogP contribution in [0.25, 0.3) is 0 Å². The summed E-state index contributed by atoms with van der Waals surface area (Å²) in [5, 5.41) is 28.7. The molecule has 4 nitrogen and oxygen atoms in total. The lowest BCUT2D eigenvalue weighted by Gasteiger charge is -2.33. The Balaban J connectivity index is 0.00000144. The molecule has 0 saturated heterocycles. The number of hydrogen-bond donors (Lipinski definition) is 4. The first-order chi connectivity index (χ1) is 7.58. The molecule has 0 bridgehead atoms. The summed E-state index contributed by atoms with van der Waals surface area (Å²) in [4.78, 5) is 0. The Kier molecular flexibility index (Phi) is 4.62. The summed E-state index contributed by atoms with van der Waals surface area (Å²) in [5.41, 5.74) is 6.48. The molecule has 1 fully saturated rings. The molecular weight excluding hydrogens is 242 g/mol. The van der Waals surface area contributed by atoms with Gasteiger partial charge >= 0.3 is 0 Å². The third-order valence-electron chi connectivity index (χ3n) is 3.31. The topological polar surface area (TPSA) is 86.7 Å². The highest BCUT2D eigenvalue weighted by Gasteiger charge is 2.30. The molecule has 0 heterocycles. The van der Waals surface area contributed by atoms with Gasteiger partial charge in [0.05, 0.1) is 12.1 Å². The van der Waals surface area contributed by atoms with Gasteiger partial charge in [-0.15, -0.1) is 12.4 Å². The van der Waals surface area contributed by atoms with Crippen LogP contribution in [-0.4, -0.2) is 21.4 Å². The Morgan fingerprint density at radius 2 is 1.65 bits per heavy atom. The number of rotatable bonds is 3. The van der Waals surface area contributed by atoms with Crippen molar-refractivity contribution in [3.05, 3.63) is 23.8 Å². The quantitative estimate of drug-likeness (QED) is 0.665. The van der Waals surface area contributed by atoms with Gasteiger partial charge in [0, 0.05) is 6.07 Å². The van der Waals surface area contributed by atoms with Gasteiger partial charge in [0.2, 0.25) is 0 Å². The van der Waals surface area contributed by atoms with Crippen molar-refractivity contribution in [3.8, 4) is 11.5 Å². The molecule has 5 heteroatoms. The van der Waals surface area contributed by atoms with E-state index >= 15 is 0 Å². The number of aromatic hydroxyl groups is 2. The Labute approximate surface area is 106 Å². The second-order valence-electron chi connectivity index (χ2n) is 4.49. The fraction of sp³-hybridized carbons (Fsp3) is 0.500. The molecule has 1 aliphatic carbocycles. The Hall–Kier alpha value is -0.970. The van der Waals surface area contributed by atoms with Crippen molar-refractivity contribution in [3.63, 3.8) is 0 Å². The number of aliphatic hydroxyl groups excluding tert-OH is 1. The standard InChI is InChI=1S/C12H17NO3.ClH/c13-11(12(16)7-2-1-3-7)8-4-9(14)6-10(15)5-8;/h4-7,11-12,14-16H,1-3,13H2;1H/t11-,12+;/m0./s1. The predicted molar refractivity (Wildman–Crippen MR) is 67.3 cm³/mol. The van der Waals surface area contributed by atoms with Crippen LogP contribution >= 0.6 is 12.4 Å². The molecule has 0 radical (unpaired) electrons. The number of halogens is 1. The van der Waals surface area contributed by atoms with Crippen molar-refractivity contribution in [2.45, 2.75) is 31.4 Å². The van der Waals surface area contributed by atoms with Gasteiger partial charge in [-0.1, -0.05) is 6.42 Å². The van der Waals surface area contributed by atoms with Gasteiger partial charge < -0.3 is 21.1 Å². The Morgan fingerprint density at radius 1 is 1.12 bits per heavy atom. The number of benzene rings is 1. The fourth-order valence-corrected chi connectivity index (χ4v) is 2.08. The van der Waals surface area contributed by atoms with Gasteiger partial charge in [-0.05, 0) is 36.5 Å². The molecule has 1 aromatic rings. The molecule has 2 atom stereocenters. The summed E-state index contributed by atoms with van der Waals surface area (Å²) in [6.07, 6.45) is 2.54. The van der Waals surface area contributed by atoms with Crippen molar-refractivity contribution < 1.29 is 15.3 Å². The van der Waals surface area contributed by atoms with E-state index in [1.807, 2.05) is 0 Å². The smallest absolute Gasteiger partial charge is 0.119 e. The number of phenolic OH excluding ortho intramolecular Hbond substituents is 2. The highest BCUT2D eigenvalue weighted by molar-refractivity contribution is 5.85. The van der Waals surface area contributed by atoms with Crippen LogP contribution in [0.15, 0.2) is 18.2 Å². The number of hydrogen-bond acceptors (Lipinski definition) is 4. The zero-order chi connectivity index (χ0) is 11.7. The van der Waals surface area contributed by atoms with E-state index in [-0.39, 0.29) is 29.8 Å². The lowest BCUT2D eigenvalue weighted by molar-refractivity contribution is 0.0413. The summed E-state index contributed by atoms with van der Waals surface area (Å²) in [7, 11) is 0. The van der Waals surface area contributed by atoms with Gasteiger partial charge in [-0.25, -0.2) is 0 Å². The lowest BCUT2D eigenvalue weighted by Crippen LogP contribution is -2.36. The van der Waals surface area contributed by atoms with Gasteiger partial charge in [0.15, 0.2) is 0 Å². The molecule has 1 aromatic carbocycles. The third kappa shape index (κ3) is 3.03. The molecule has 0 unspecified atom stereocenters. The summed E-state index contributed by atoms with van der Waals surface area (Å²) in [6, 6.07) is 3.65. The van der Waals surface area contributed by atoms with Crippen LogP contribution in [0.1, 0.15) is 30.9 Å². The van der Waals surface area contributed by atoms with Crippen LogP contribution in [0.3, 0.4) is 0 Å². The molecule has 1 aliphatic rings. The first-order valence-electron chi connectivity index (χ1n) is 5.54. The molecule has 17 heavy (non-hydrogen) atoms. The molecule has 0 amide bonds. The molecule has 0 spiro atoms. The normalized spacial score (nSPS) is 18.9. The minimum atomic E-state index is -0.602. The van der Waals surface area contributed by atoms with Gasteiger partial charge in [0.1, 0.15) is 11.5 Å². The molecule has 1 saturated carbocycles. The second-order valence-corrected chi connectivity index (χ2v) is 4.49. The number of aliphatic hydroxyl groups is 1. The van der Waals surface area contributed by atoms with Crippen LogP contribution in [0.4, 0.5) is 0 Å². The minimum absolute atomic E-state index is 0. The van der Waals surface area contributed by atoms with Gasteiger partial charge in [-0.2, -0.15) is 0 Å². The summed E-state index contributed by atoms with van der Waals surface area (Å²) < 4.78 is 0. The van der Waals surface area contributed by atoms with E-state index in [2.05, 4.69) is 0 Å². The third-order valence-corrected chi connectivity index (χ3v) is 3.31. The van der Waals surface area contributed by atoms with E-state index in [4.69, 9.17) is 5.73 Å². The average molecular weight is 260 g/mol.